The van der Waals surface area contributed by atoms with E-state index in [-0.39, 0.29) is 5.91 Å². The van der Waals surface area contributed by atoms with Gasteiger partial charge in [-0.05, 0) is 41.4 Å². The molecule has 3 nitrogen and oxygen atoms in total. The lowest BCUT2D eigenvalue weighted by molar-refractivity contribution is 0.0760. The molecule has 1 rings (SSSR count). The molecule has 0 radical (unpaired) electrons. The number of amides is 1. The second kappa shape index (κ2) is 6.43. The molecule has 4 heteroatoms. The van der Waals surface area contributed by atoms with Gasteiger partial charge in [0.25, 0.3) is 5.91 Å². The SMILES string of the molecule is C=CCCN(CC)C(=O)c1ncccc1Br. The van der Waals surface area contributed by atoms with Crippen molar-refractivity contribution in [1.82, 2.24) is 9.88 Å². The Kier molecular flexibility index (Phi) is 5.19. The molecule has 86 valence electrons. The van der Waals surface area contributed by atoms with Crippen LogP contribution in [0.4, 0.5) is 0 Å². The first-order valence-electron chi connectivity index (χ1n) is 5.21. The van der Waals surface area contributed by atoms with Crippen LogP contribution in [-0.2, 0) is 0 Å². The van der Waals surface area contributed by atoms with E-state index in [1.807, 2.05) is 19.1 Å². The van der Waals surface area contributed by atoms with Gasteiger partial charge in [-0.1, -0.05) is 6.08 Å². The summed E-state index contributed by atoms with van der Waals surface area (Å²) in [4.78, 5) is 18.0. The van der Waals surface area contributed by atoms with Crippen LogP contribution in [0, 0.1) is 0 Å². The maximum Gasteiger partial charge on any atom is 0.273 e. The van der Waals surface area contributed by atoms with Crippen molar-refractivity contribution in [3.8, 4) is 0 Å². The van der Waals surface area contributed by atoms with Crippen LogP contribution in [0.15, 0.2) is 35.5 Å². The summed E-state index contributed by atoms with van der Waals surface area (Å²) in [7, 11) is 0. The lowest BCUT2D eigenvalue weighted by atomic mass is 10.3. The van der Waals surface area contributed by atoms with Gasteiger partial charge in [-0.2, -0.15) is 0 Å². The zero-order valence-electron chi connectivity index (χ0n) is 9.32. The first kappa shape index (κ1) is 12.9. The summed E-state index contributed by atoms with van der Waals surface area (Å²) in [6.45, 7) is 6.97. The highest BCUT2D eigenvalue weighted by Gasteiger charge is 2.16. The number of carbonyl (C=O) groups excluding carboxylic acids is 1. The van der Waals surface area contributed by atoms with Crippen LogP contribution < -0.4 is 0 Å². The minimum Gasteiger partial charge on any atom is -0.337 e. The van der Waals surface area contributed by atoms with E-state index in [0.29, 0.717) is 18.8 Å². The fourth-order valence-electron chi connectivity index (χ4n) is 1.34. The zero-order chi connectivity index (χ0) is 12.0. The predicted molar refractivity (Wildman–Crippen MR) is 68.3 cm³/mol. The van der Waals surface area contributed by atoms with Crippen LogP contribution in [0.25, 0.3) is 0 Å². The molecule has 0 aromatic carbocycles. The number of halogens is 1. The van der Waals surface area contributed by atoms with Crippen molar-refractivity contribution in [1.29, 1.82) is 0 Å². The van der Waals surface area contributed by atoms with E-state index >= 15 is 0 Å². The Bertz CT molecular complexity index is 379. The number of rotatable bonds is 5. The molecule has 0 bridgehead atoms. The van der Waals surface area contributed by atoms with Crippen LogP contribution in [0.5, 0.6) is 0 Å². The van der Waals surface area contributed by atoms with Crippen LogP contribution in [0.3, 0.4) is 0 Å². The van der Waals surface area contributed by atoms with Gasteiger partial charge in [-0.25, -0.2) is 4.98 Å². The molecule has 0 fully saturated rings. The average molecular weight is 283 g/mol. The van der Waals surface area contributed by atoms with E-state index in [1.54, 1.807) is 17.2 Å². The molecule has 0 N–H and O–H groups in total. The van der Waals surface area contributed by atoms with E-state index in [2.05, 4.69) is 27.5 Å². The number of hydrogen-bond acceptors (Lipinski definition) is 2. The molecule has 0 atom stereocenters. The maximum absolute atomic E-state index is 12.1. The highest BCUT2D eigenvalue weighted by Crippen LogP contribution is 2.15. The topological polar surface area (TPSA) is 33.2 Å². The number of hydrogen-bond donors (Lipinski definition) is 0. The third-order valence-electron chi connectivity index (χ3n) is 2.23. The van der Waals surface area contributed by atoms with Crippen molar-refractivity contribution >= 4 is 21.8 Å². The molecule has 1 aromatic heterocycles. The van der Waals surface area contributed by atoms with Crippen LogP contribution in [-0.4, -0.2) is 28.9 Å². The summed E-state index contributed by atoms with van der Waals surface area (Å²) in [5, 5.41) is 0. The Morgan fingerprint density at radius 3 is 3.00 bits per heavy atom. The fourth-order valence-corrected chi connectivity index (χ4v) is 1.77. The molecule has 16 heavy (non-hydrogen) atoms. The third kappa shape index (κ3) is 3.17. The molecular formula is C12H15BrN2O. The van der Waals surface area contributed by atoms with Gasteiger partial charge in [0.1, 0.15) is 5.69 Å². The molecule has 0 aliphatic carbocycles. The van der Waals surface area contributed by atoms with E-state index in [0.717, 1.165) is 10.9 Å². The number of carbonyl (C=O) groups is 1. The van der Waals surface area contributed by atoms with Crippen molar-refractivity contribution < 1.29 is 4.79 Å². The van der Waals surface area contributed by atoms with Gasteiger partial charge >= 0.3 is 0 Å². The third-order valence-corrected chi connectivity index (χ3v) is 2.87. The van der Waals surface area contributed by atoms with Gasteiger partial charge in [0.2, 0.25) is 0 Å². The number of nitrogens with zero attached hydrogens (tertiary/aromatic N) is 2. The van der Waals surface area contributed by atoms with Crippen LogP contribution in [0.1, 0.15) is 23.8 Å². The molecule has 1 aromatic rings. The molecule has 1 heterocycles. The quantitative estimate of drug-likeness (QED) is 0.778. The minimum absolute atomic E-state index is 0.0446. The second-order valence-electron chi connectivity index (χ2n) is 3.30. The molecule has 1 amide bonds. The Labute approximate surface area is 104 Å². The fraction of sp³-hybridized carbons (Fsp3) is 0.333. The zero-order valence-corrected chi connectivity index (χ0v) is 10.9. The standard InChI is InChI=1S/C12H15BrN2O/c1-3-5-9-15(4-2)12(16)11-10(13)7-6-8-14-11/h3,6-8H,1,4-5,9H2,2H3. The summed E-state index contributed by atoms with van der Waals surface area (Å²) in [6.07, 6.45) is 4.23. The van der Waals surface area contributed by atoms with Crippen molar-refractivity contribution in [2.75, 3.05) is 13.1 Å². The van der Waals surface area contributed by atoms with Crippen LogP contribution in [0.2, 0.25) is 0 Å². The summed E-state index contributed by atoms with van der Waals surface area (Å²) in [6, 6.07) is 3.61. The maximum atomic E-state index is 12.1. The second-order valence-corrected chi connectivity index (χ2v) is 4.15. The monoisotopic (exact) mass is 282 g/mol. The largest absolute Gasteiger partial charge is 0.337 e. The molecule has 0 aliphatic heterocycles. The molecule has 0 saturated carbocycles. The highest BCUT2D eigenvalue weighted by atomic mass is 79.9. The smallest absolute Gasteiger partial charge is 0.273 e. The first-order chi connectivity index (χ1) is 7.70. The van der Waals surface area contributed by atoms with Gasteiger partial charge in [0.05, 0.1) is 0 Å². The summed E-state index contributed by atoms with van der Waals surface area (Å²) in [5.41, 5.74) is 0.466. The van der Waals surface area contributed by atoms with Gasteiger partial charge in [0.15, 0.2) is 0 Å². The van der Waals surface area contributed by atoms with Crippen molar-refractivity contribution in [2.24, 2.45) is 0 Å². The van der Waals surface area contributed by atoms with Gasteiger partial charge in [-0.15, -0.1) is 6.58 Å². The molecule has 0 spiro atoms. The van der Waals surface area contributed by atoms with E-state index in [9.17, 15) is 4.79 Å². The normalized spacial score (nSPS) is 9.88. The van der Waals surface area contributed by atoms with Gasteiger partial charge in [0, 0.05) is 23.8 Å². The Morgan fingerprint density at radius 2 is 2.44 bits per heavy atom. The van der Waals surface area contributed by atoms with Crippen molar-refractivity contribution in [2.45, 2.75) is 13.3 Å². The van der Waals surface area contributed by atoms with Crippen molar-refractivity contribution in [3.63, 3.8) is 0 Å². The Hall–Kier alpha value is -1.16. The summed E-state index contributed by atoms with van der Waals surface area (Å²) >= 11 is 3.33. The lowest BCUT2D eigenvalue weighted by Crippen LogP contribution is -2.32. The lowest BCUT2D eigenvalue weighted by Gasteiger charge is -2.20. The number of aromatic nitrogens is 1. The van der Waals surface area contributed by atoms with E-state index in [1.165, 1.54) is 0 Å². The molecular weight excluding hydrogens is 268 g/mol. The average Bonchev–Trinajstić information content (AvgIpc) is 2.30. The minimum atomic E-state index is -0.0446. The molecule has 0 aliphatic rings. The molecule has 0 saturated heterocycles. The summed E-state index contributed by atoms with van der Waals surface area (Å²) < 4.78 is 0.733. The Balaban J connectivity index is 2.82. The Morgan fingerprint density at radius 1 is 1.69 bits per heavy atom. The highest BCUT2D eigenvalue weighted by molar-refractivity contribution is 9.10. The summed E-state index contributed by atoms with van der Waals surface area (Å²) in [5.74, 6) is -0.0446. The predicted octanol–water partition coefficient (Wildman–Crippen LogP) is 2.88. The molecule has 0 unspecified atom stereocenters. The van der Waals surface area contributed by atoms with E-state index in [4.69, 9.17) is 0 Å². The van der Waals surface area contributed by atoms with Crippen molar-refractivity contribution in [3.05, 3.63) is 41.2 Å². The van der Waals surface area contributed by atoms with Crippen LogP contribution >= 0.6 is 15.9 Å². The first-order valence-corrected chi connectivity index (χ1v) is 6.00. The number of pyridine rings is 1. The van der Waals surface area contributed by atoms with Gasteiger partial charge in [-0.3, -0.25) is 4.79 Å². The van der Waals surface area contributed by atoms with E-state index < -0.39 is 0 Å². The van der Waals surface area contributed by atoms with Gasteiger partial charge < -0.3 is 4.90 Å².